The zero-order chi connectivity index (χ0) is 14.0. The first-order valence-electron chi connectivity index (χ1n) is 6.97. The summed E-state index contributed by atoms with van der Waals surface area (Å²) in [6.07, 6.45) is -0.333. The highest BCUT2D eigenvalue weighted by Crippen LogP contribution is 2.19. The van der Waals surface area contributed by atoms with Crippen LogP contribution in [0.3, 0.4) is 0 Å². The molecule has 4 nitrogen and oxygen atoms in total. The van der Waals surface area contributed by atoms with Crippen LogP contribution in [0.25, 0.3) is 0 Å². The van der Waals surface area contributed by atoms with Crippen molar-refractivity contribution < 1.29 is 14.6 Å². The summed E-state index contributed by atoms with van der Waals surface area (Å²) < 4.78 is 10.7. The maximum atomic E-state index is 10.1. The summed E-state index contributed by atoms with van der Waals surface area (Å²) in [5.41, 5.74) is -0.0878. The van der Waals surface area contributed by atoms with Crippen LogP contribution in [0.5, 0.6) is 0 Å². The maximum absolute atomic E-state index is 10.1. The number of aliphatic hydroxyl groups excluding tert-OH is 1. The number of ether oxygens (including phenoxy) is 2. The third-order valence-electron chi connectivity index (χ3n) is 2.94. The molecule has 0 aromatic heterocycles. The Hall–Kier alpha value is -0.160. The molecular formula is C14H31NO3. The van der Waals surface area contributed by atoms with E-state index < -0.39 is 0 Å². The Morgan fingerprint density at radius 1 is 1.00 bits per heavy atom. The Bertz CT molecular complexity index is 182. The maximum Gasteiger partial charge on any atom is 0.0715 e. The fourth-order valence-electron chi connectivity index (χ4n) is 1.49. The van der Waals surface area contributed by atoms with Gasteiger partial charge in [0, 0.05) is 32.8 Å². The molecule has 18 heavy (non-hydrogen) atoms. The summed E-state index contributed by atoms with van der Waals surface area (Å²) in [4.78, 5) is 2.21. The predicted molar refractivity (Wildman–Crippen MR) is 74.9 cm³/mol. The number of nitrogens with zero attached hydrogens (tertiary/aromatic N) is 1. The van der Waals surface area contributed by atoms with Gasteiger partial charge in [0.05, 0.1) is 19.3 Å². The molecule has 0 saturated heterocycles. The van der Waals surface area contributed by atoms with Crippen molar-refractivity contribution in [3.8, 4) is 0 Å². The SMILES string of the molecule is CCOCCN(CCOCC)CC(O)C(C)(C)C. The Balaban J connectivity index is 4.10. The van der Waals surface area contributed by atoms with Crippen LogP contribution in [0, 0.1) is 5.41 Å². The molecule has 1 unspecified atom stereocenters. The number of hydrogen-bond donors (Lipinski definition) is 1. The van der Waals surface area contributed by atoms with Gasteiger partial charge in [-0.15, -0.1) is 0 Å². The fourth-order valence-corrected chi connectivity index (χ4v) is 1.49. The minimum absolute atomic E-state index is 0.0878. The largest absolute Gasteiger partial charge is 0.391 e. The van der Waals surface area contributed by atoms with Crippen LogP contribution < -0.4 is 0 Å². The highest BCUT2D eigenvalue weighted by Gasteiger charge is 2.24. The van der Waals surface area contributed by atoms with Gasteiger partial charge in [0.2, 0.25) is 0 Å². The lowest BCUT2D eigenvalue weighted by Crippen LogP contribution is -2.42. The molecule has 0 saturated carbocycles. The van der Waals surface area contributed by atoms with Gasteiger partial charge >= 0.3 is 0 Å². The molecule has 0 amide bonds. The summed E-state index contributed by atoms with van der Waals surface area (Å²) in [7, 11) is 0. The third kappa shape index (κ3) is 8.86. The van der Waals surface area contributed by atoms with Crippen molar-refractivity contribution in [3.63, 3.8) is 0 Å². The molecular weight excluding hydrogens is 230 g/mol. The number of aliphatic hydroxyl groups is 1. The number of rotatable bonds is 10. The van der Waals surface area contributed by atoms with Crippen molar-refractivity contribution in [2.45, 2.75) is 40.7 Å². The minimum atomic E-state index is -0.333. The third-order valence-corrected chi connectivity index (χ3v) is 2.94. The molecule has 0 radical (unpaired) electrons. The van der Waals surface area contributed by atoms with Crippen LogP contribution in [0.2, 0.25) is 0 Å². The first kappa shape index (κ1) is 17.8. The van der Waals surface area contributed by atoms with Crippen LogP contribution in [0.1, 0.15) is 34.6 Å². The molecule has 0 heterocycles. The van der Waals surface area contributed by atoms with E-state index in [1.807, 2.05) is 13.8 Å². The van der Waals surface area contributed by atoms with Gasteiger partial charge in [-0.3, -0.25) is 4.90 Å². The molecule has 110 valence electrons. The summed E-state index contributed by atoms with van der Waals surface area (Å²) in [6.45, 7) is 15.4. The van der Waals surface area contributed by atoms with Crippen molar-refractivity contribution >= 4 is 0 Å². The van der Waals surface area contributed by atoms with Crippen molar-refractivity contribution in [1.29, 1.82) is 0 Å². The van der Waals surface area contributed by atoms with Gasteiger partial charge in [-0.2, -0.15) is 0 Å². The normalized spacial score (nSPS) is 14.2. The van der Waals surface area contributed by atoms with E-state index in [1.165, 1.54) is 0 Å². The van der Waals surface area contributed by atoms with E-state index >= 15 is 0 Å². The topological polar surface area (TPSA) is 41.9 Å². The Kier molecular flexibility index (Phi) is 9.64. The molecule has 0 aromatic rings. The van der Waals surface area contributed by atoms with E-state index in [0.29, 0.717) is 19.8 Å². The average molecular weight is 261 g/mol. The lowest BCUT2D eigenvalue weighted by Gasteiger charge is -2.31. The Labute approximate surface area is 112 Å². The summed E-state index contributed by atoms with van der Waals surface area (Å²) in [6, 6.07) is 0. The molecule has 0 rings (SSSR count). The van der Waals surface area contributed by atoms with Gasteiger partial charge in [0.1, 0.15) is 0 Å². The molecule has 4 heteroatoms. The second kappa shape index (κ2) is 9.73. The second-order valence-electron chi connectivity index (χ2n) is 5.58. The van der Waals surface area contributed by atoms with Crippen molar-refractivity contribution in [2.75, 3.05) is 46.1 Å². The molecule has 0 bridgehead atoms. The van der Waals surface area contributed by atoms with Gasteiger partial charge in [-0.1, -0.05) is 20.8 Å². The number of hydrogen-bond acceptors (Lipinski definition) is 4. The lowest BCUT2D eigenvalue weighted by atomic mass is 9.89. The molecule has 0 aliphatic carbocycles. The quantitative estimate of drug-likeness (QED) is 0.609. The van der Waals surface area contributed by atoms with Crippen molar-refractivity contribution in [2.24, 2.45) is 5.41 Å². The van der Waals surface area contributed by atoms with E-state index in [0.717, 1.165) is 26.3 Å². The highest BCUT2D eigenvalue weighted by atomic mass is 16.5. The Morgan fingerprint density at radius 3 is 1.78 bits per heavy atom. The smallest absolute Gasteiger partial charge is 0.0715 e. The van der Waals surface area contributed by atoms with Gasteiger partial charge in [0.15, 0.2) is 0 Å². The van der Waals surface area contributed by atoms with Crippen molar-refractivity contribution in [3.05, 3.63) is 0 Å². The summed E-state index contributed by atoms with van der Waals surface area (Å²) in [5, 5.41) is 10.1. The van der Waals surface area contributed by atoms with Gasteiger partial charge in [-0.05, 0) is 19.3 Å². The van der Waals surface area contributed by atoms with E-state index in [4.69, 9.17) is 9.47 Å². The van der Waals surface area contributed by atoms with Crippen LogP contribution in [-0.4, -0.2) is 62.2 Å². The monoisotopic (exact) mass is 261 g/mol. The van der Waals surface area contributed by atoms with Crippen LogP contribution >= 0.6 is 0 Å². The second-order valence-corrected chi connectivity index (χ2v) is 5.58. The zero-order valence-corrected chi connectivity index (χ0v) is 12.7. The molecule has 1 N–H and O–H groups in total. The molecule has 0 aliphatic rings. The zero-order valence-electron chi connectivity index (χ0n) is 12.7. The van der Waals surface area contributed by atoms with Crippen LogP contribution in [-0.2, 0) is 9.47 Å². The average Bonchev–Trinajstić information content (AvgIpc) is 2.28. The standard InChI is InChI=1S/C14H31NO3/c1-6-17-10-8-15(9-11-18-7-2)12-13(16)14(3,4)5/h13,16H,6-12H2,1-5H3. The van der Waals surface area contributed by atoms with Gasteiger partial charge in [-0.25, -0.2) is 0 Å². The van der Waals surface area contributed by atoms with E-state index in [-0.39, 0.29) is 11.5 Å². The van der Waals surface area contributed by atoms with Gasteiger partial charge < -0.3 is 14.6 Å². The molecule has 1 atom stereocenters. The molecule has 0 aromatic carbocycles. The molecule has 0 fully saturated rings. The Morgan fingerprint density at radius 2 is 1.44 bits per heavy atom. The van der Waals surface area contributed by atoms with Gasteiger partial charge in [0.25, 0.3) is 0 Å². The van der Waals surface area contributed by atoms with E-state index in [1.54, 1.807) is 0 Å². The minimum Gasteiger partial charge on any atom is -0.391 e. The van der Waals surface area contributed by atoms with Crippen molar-refractivity contribution in [1.82, 2.24) is 4.90 Å². The first-order valence-corrected chi connectivity index (χ1v) is 6.97. The fraction of sp³-hybridized carbons (Fsp3) is 1.00. The molecule has 0 aliphatic heterocycles. The van der Waals surface area contributed by atoms with Crippen LogP contribution in [0.4, 0.5) is 0 Å². The van der Waals surface area contributed by atoms with E-state index in [9.17, 15) is 5.11 Å². The molecule has 0 spiro atoms. The summed E-state index contributed by atoms with van der Waals surface area (Å²) in [5.74, 6) is 0. The highest BCUT2D eigenvalue weighted by molar-refractivity contribution is 4.76. The van der Waals surface area contributed by atoms with E-state index in [2.05, 4.69) is 25.7 Å². The first-order chi connectivity index (χ1) is 8.41. The summed E-state index contributed by atoms with van der Waals surface area (Å²) >= 11 is 0. The van der Waals surface area contributed by atoms with Crippen LogP contribution in [0.15, 0.2) is 0 Å². The lowest BCUT2D eigenvalue weighted by molar-refractivity contribution is 0.00930. The predicted octanol–water partition coefficient (Wildman–Crippen LogP) is 1.77.